The van der Waals surface area contributed by atoms with Crippen molar-refractivity contribution in [3.63, 3.8) is 0 Å². The van der Waals surface area contributed by atoms with Crippen LogP contribution >= 0.6 is 0 Å². The Morgan fingerprint density at radius 2 is 2.29 bits per heavy atom. The third-order valence-corrected chi connectivity index (χ3v) is 2.65. The number of nitrogens with zero attached hydrogens (tertiary/aromatic N) is 1. The Labute approximate surface area is 86.8 Å². The number of aromatic nitrogens is 1. The van der Waals surface area contributed by atoms with Gasteiger partial charge >= 0.3 is 0 Å². The quantitative estimate of drug-likeness (QED) is 0.775. The summed E-state index contributed by atoms with van der Waals surface area (Å²) in [5.41, 5.74) is 2.62. The first-order valence-electron chi connectivity index (χ1n) is 5.34. The summed E-state index contributed by atoms with van der Waals surface area (Å²) in [7, 11) is 0. The van der Waals surface area contributed by atoms with E-state index >= 15 is 0 Å². The molecule has 0 saturated heterocycles. The van der Waals surface area contributed by atoms with Gasteiger partial charge in [-0.15, -0.1) is 0 Å². The molecule has 1 rings (SSSR count). The second-order valence-electron chi connectivity index (χ2n) is 3.95. The summed E-state index contributed by atoms with van der Waals surface area (Å²) >= 11 is 0. The van der Waals surface area contributed by atoms with Crippen molar-refractivity contribution in [3.8, 4) is 0 Å². The van der Waals surface area contributed by atoms with Crippen LogP contribution in [0.25, 0.3) is 0 Å². The van der Waals surface area contributed by atoms with Crippen LogP contribution in [0.1, 0.15) is 31.4 Å². The molecule has 1 aromatic rings. The van der Waals surface area contributed by atoms with Gasteiger partial charge in [0.1, 0.15) is 0 Å². The molecule has 14 heavy (non-hydrogen) atoms. The van der Waals surface area contributed by atoms with Gasteiger partial charge < -0.3 is 5.32 Å². The first-order valence-corrected chi connectivity index (χ1v) is 5.34. The summed E-state index contributed by atoms with van der Waals surface area (Å²) in [5.74, 6) is 0.756. The maximum absolute atomic E-state index is 4.12. The van der Waals surface area contributed by atoms with Crippen molar-refractivity contribution in [1.82, 2.24) is 10.3 Å². The average molecular weight is 192 g/mol. The van der Waals surface area contributed by atoms with Gasteiger partial charge in [-0.3, -0.25) is 4.98 Å². The molecule has 1 aromatic heterocycles. The van der Waals surface area contributed by atoms with Crippen molar-refractivity contribution < 1.29 is 0 Å². The molecule has 0 aliphatic rings. The highest BCUT2D eigenvalue weighted by Crippen LogP contribution is 2.05. The van der Waals surface area contributed by atoms with Gasteiger partial charge in [-0.1, -0.05) is 20.3 Å². The molecule has 0 aliphatic heterocycles. The number of aryl methyl sites for hydroxylation is 1. The highest BCUT2D eigenvalue weighted by atomic mass is 14.9. The summed E-state index contributed by atoms with van der Waals surface area (Å²) in [5, 5.41) is 3.45. The lowest BCUT2D eigenvalue weighted by Crippen LogP contribution is -2.20. The summed E-state index contributed by atoms with van der Waals surface area (Å²) < 4.78 is 0. The van der Waals surface area contributed by atoms with Crippen molar-refractivity contribution >= 4 is 0 Å². The van der Waals surface area contributed by atoms with E-state index in [9.17, 15) is 0 Å². The molecule has 1 heterocycles. The SMILES string of the molecule is CCC(C)CNCc1cnccc1C. The van der Waals surface area contributed by atoms with Gasteiger partial charge in [-0.05, 0) is 36.6 Å². The molecule has 0 bridgehead atoms. The maximum Gasteiger partial charge on any atom is 0.0315 e. The molecule has 78 valence electrons. The number of pyridine rings is 1. The Hall–Kier alpha value is -0.890. The van der Waals surface area contributed by atoms with Crippen molar-refractivity contribution in [1.29, 1.82) is 0 Å². The van der Waals surface area contributed by atoms with Gasteiger partial charge in [0, 0.05) is 18.9 Å². The molecule has 0 saturated carbocycles. The number of rotatable bonds is 5. The number of hydrogen-bond acceptors (Lipinski definition) is 2. The summed E-state index contributed by atoms with van der Waals surface area (Å²) in [4.78, 5) is 4.12. The Morgan fingerprint density at radius 1 is 1.50 bits per heavy atom. The Morgan fingerprint density at radius 3 is 2.93 bits per heavy atom. The van der Waals surface area contributed by atoms with E-state index in [1.807, 2.05) is 12.4 Å². The number of nitrogens with one attached hydrogen (secondary N) is 1. The van der Waals surface area contributed by atoms with Gasteiger partial charge in [-0.25, -0.2) is 0 Å². The molecule has 0 aliphatic carbocycles. The minimum Gasteiger partial charge on any atom is -0.312 e. The zero-order valence-corrected chi connectivity index (χ0v) is 9.38. The molecule has 1 N–H and O–H groups in total. The van der Waals surface area contributed by atoms with Crippen LogP contribution < -0.4 is 5.32 Å². The van der Waals surface area contributed by atoms with Crippen LogP contribution in [0.4, 0.5) is 0 Å². The fourth-order valence-corrected chi connectivity index (χ4v) is 1.28. The highest BCUT2D eigenvalue weighted by Gasteiger charge is 1.99. The molecule has 1 unspecified atom stereocenters. The average Bonchev–Trinajstić information content (AvgIpc) is 2.20. The molecule has 0 aromatic carbocycles. The topological polar surface area (TPSA) is 24.9 Å². The van der Waals surface area contributed by atoms with E-state index in [4.69, 9.17) is 0 Å². The van der Waals surface area contributed by atoms with Crippen LogP contribution in [0.5, 0.6) is 0 Å². The molecule has 0 spiro atoms. The van der Waals surface area contributed by atoms with Gasteiger partial charge in [0.05, 0.1) is 0 Å². The van der Waals surface area contributed by atoms with Crippen LogP contribution in [0, 0.1) is 12.8 Å². The van der Waals surface area contributed by atoms with E-state index < -0.39 is 0 Å². The molecule has 2 nitrogen and oxygen atoms in total. The smallest absolute Gasteiger partial charge is 0.0315 e. The third kappa shape index (κ3) is 3.46. The van der Waals surface area contributed by atoms with Crippen LogP contribution in [-0.4, -0.2) is 11.5 Å². The van der Waals surface area contributed by atoms with E-state index in [-0.39, 0.29) is 0 Å². The summed E-state index contributed by atoms with van der Waals surface area (Å²) in [6, 6.07) is 2.06. The minimum atomic E-state index is 0.756. The van der Waals surface area contributed by atoms with Gasteiger partial charge in [-0.2, -0.15) is 0 Å². The lowest BCUT2D eigenvalue weighted by molar-refractivity contribution is 0.499. The van der Waals surface area contributed by atoms with E-state index in [2.05, 4.69) is 37.1 Å². The monoisotopic (exact) mass is 192 g/mol. The Bertz CT molecular complexity index is 271. The predicted octanol–water partition coefficient (Wildman–Crippen LogP) is 2.53. The maximum atomic E-state index is 4.12. The lowest BCUT2D eigenvalue weighted by atomic mass is 10.1. The molecule has 2 heteroatoms. The third-order valence-electron chi connectivity index (χ3n) is 2.65. The van der Waals surface area contributed by atoms with Crippen LogP contribution in [-0.2, 0) is 6.54 Å². The van der Waals surface area contributed by atoms with Crippen LogP contribution in [0.15, 0.2) is 18.5 Å². The first-order chi connectivity index (χ1) is 6.74. The largest absolute Gasteiger partial charge is 0.312 e. The summed E-state index contributed by atoms with van der Waals surface area (Å²) in [6.07, 6.45) is 5.02. The Kier molecular flexibility index (Phi) is 4.60. The second kappa shape index (κ2) is 5.76. The number of hydrogen-bond donors (Lipinski definition) is 1. The zero-order valence-electron chi connectivity index (χ0n) is 9.38. The van der Waals surface area contributed by atoms with E-state index in [1.54, 1.807) is 0 Å². The molecule has 0 amide bonds. The normalized spacial score (nSPS) is 12.8. The second-order valence-corrected chi connectivity index (χ2v) is 3.95. The molecule has 0 radical (unpaired) electrons. The zero-order chi connectivity index (χ0) is 10.4. The van der Waals surface area contributed by atoms with Crippen molar-refractivity contribution in [2.45, 2.75) is 33.7 Å². The van der Waals surface area contributed by atoms with E-state index in [0.717, 1.165) is 19.0 Å². The highest BCUT2D eigenvalue weighted by molar-refractivity contribution is 5.20. The first kappa shape index (κ1) is 11.2. The lowest BCUT2D eigenvalue weighted by Gasteiger charge is -2.10. The van der Waals surface area contributed by atoms with Crippen LogP contribution in [0.2, 0.25) is 0 Å². The van der Waals surface area contributed by atoms with Gasteiger partial charge in [0.2, 0.25) is 0 Å². The van der Waals surface area contributed by atoms with Gasteiger partial charge in [0.25, 0.3) is 0 Å². The molecule has 0 fully saturated rings. The van der Waals surface area contributed by atoms with E-state index in [1.165, 1.54) is 17.5 Å². The van der Waals surface area contributed by atoms with Gasteiger partial charge in [0.15, 0.2) is 0 Å². The molecular formula is C12H20N2. The van der Waals surface area contributed by atoms with Crippen molar-refractivity contribution in [3.05, 3.63) is 29.6 Å². The fraction of sp³-hybridized carbons (Fsp3) is 0.583. The fourth-order valence-electron chi connectivity index (χ4n) is 1.28. The minimum absolute atomic E-state index is 0.756. The summed E-state index contributed by atoms with van der Waals surface area (Å²) in [6.45, 7) is 8.64. The standard InChI is InChI=1S/C12H20N2/c1-4-10(2)7-14-9-12-8-13-6-5-11(12)3/h5-6,8,10,14H,4,7,9H2,1-3H3. The Balaban J connectivity index is 2.35. The molecule has 1 atom stereocenters. The van der Waals surface area contributed by atoms with Crippen molar-refractivity contribution in [2.75, 3.05) is 6.54 Å². The van der Waals surface area contributed by atoms with E-state index in [0.29, 0.717) is 0 Å². The predicted molar refractivity (Wildman–Crippen MR) is 60.1 cm³/mol. The molecular weight excluding hydrogens is 172 g/mol. The van der Waals surface area contributed by atoms with Crippen LogP contribution in [0.3, 0.4) is 0 Å². The van der Waals surface area contributed by atoms with Crippen molar-refractivity contribution in [2.24, 2.45) is 5.92 Å².